The summed E-state index contributed by atoms with van der Waals surface area (Å²) in [6.07, 6.45) is 0.360. The van der Waals surface area contributed by atoms with Crippen LogP contribution in [0.4, 0.5) is 13.2 Å². The van der Waals surface area contributed by atoms with E-state index in [-0.39, 0.29) is 19.0 Å². The van der Waals surface area contributed by atoms with Gasteiger partial charge in [0.2, 0.25) is 0 Å². The molecule has 0 aromatic carbocycles. The maximum absolute atomic E-state index is 12.6. The molecule has 3 nitrogen and oxygen atoms in total. The van der Waals surface area contributed by atoms with Crippen LogP contribution in [0.25, 0.3) is 0 Å². The number of alkyl halides is 3. The highest BCUT2D eigenvalue weighted by atomic mass is 19.4. The van der Waals surface area contributed by atoms with Gasteiger partial charge in [0.1, 0.15) is 0 Å². The predicted molar refractivity (Wildman–Crippen MR) is 71.5 cm³/mol. The highest BCUT2D eigenvalue weighted by molar-refractivity contribution is 5.03. The van der Waals surface area contributed by atoms with Crippen molar-refractivity contribution in [1.82, 2.24) is 15.1 Å². The van der Waals surface area contributed by atoms with E-state index >= 15 is 0 Å². The van der Waals surface area contributed by atoms with Crippen molar-refractivity contribution in [2.45, 2.75) is 57.8 Å². The molecule has 114 valence electrons. The van der Waals surface area contributed by atoms with Crippen molar-refractivity contribution < 1.29 is 13.2 Å². The van der Waals surface area contributed by atoms with Crippen LogP contribution in [0.15, 0.2) is 12.3 Å². The van der Waals surface area contributed by atoms with Crippen LogP contribution in [0.2, 0.25) is 0 Å². The van der Waals surface area contributed by atoms with Crippen LogP contribution < -0.4 is 5.32 Å². The summed E-state index contributed by atoms with van der Waals surface area (Å²) >= 11 is 0. The Morgan fingerprint density at radius 3 is 2.75 bits per heavy atom. The molecule has 2 rings (SSSR count). The lowest BCUT2D eigenvalue weighted by atomic mass is 9.92. The van der Waals surface area contributed by atoms with Gasteiger partial charge in [-0.25, -0.2) is 0 Å². The first-order chi connectivity index (χ1) is 9.40. The van der Waals surface area contributed by atoms with Gasteiger partial charge in [-0.05, 0) is 32.3 Å². The Morgan fingerprint density at radius 2 is 2.20 bits per heavy atom. The van der Waals surface area contributed by atoms with Gasteiger partial charge in [0.15, 0.2) is 0 Å². The summed E-state index contributed by atoms with van der Waals surface area (Å²) in [4.78, 5) is 0. The first-order valence-corrected chi connectivity index (χ1v) is 7.24. The summed E-state index contributed by atoms with van der Waals surface area (Å²) in [6, 6.07) is 2.43. The first-order valence-electron chi connectivity index (χ1n) is 7.24. The van der Waals surface area contributed by atoms with E-state index in [9.17, 15) is 13.2 Å². The van der Waals surface area contributed by atoms with Crippen molar-refractivity contribution in [2.75, 3.05) is 6.54 Å². The second-order valence-corrected chi connectivity index (χ2v) is 5.67. The molecule has 0 spiro atoms. The second-order valence-electron chi connectivity index (χ2n) is 5.67. The van der Waals surface area contributed by atoms with Gasteiger partial charge in [-0.15, -0.1) is 0 Å². The van der Waals surface area contributed by atoms with Crippen molar-refractivity contribution in [3.8, 4) is 0 Å². The Kier molecular flexibility index (Phi) is 4.73. The summed E-state index contributed by atoms with van der Waals surface area (Å²) in [5.41, 5.74) is 0.952. The molecule has 1 fully saturated rings. The molecule has 1 aromatic rings. The van der Waals surface area contributed by atoms with Gasteiger partial charge in [-0.1, -0.05) is 6.92 Å². The number of aromatic nitrogens is 2. The van der Waals surface area contributed by atoms with Crippen molar-refractivity contribution in [3.05, 3.63) is 18.0 Å². The Balaban J connectivity index is 1.85. The standard InChI is InChI=1S/C14H22F3N3/c1-3-10(2)20-7-6-13(19-20)8-12-5-4-11(9-18-12)14(15,16)17/h6-7,10-12,18H,3-5,8-9H2,1-2H3. The fourth-order valence-electron chi connectivity index (χ4n) is 2.54. The summed E-state index contributed by atoms with van der Waals surface area (Å²) in [6.45, 7) is 4.23. The van der Waals surface area contributed by atoms with Gasteiger partial charge >= 0.3 is 6.18 Å². The lowest BCUT2D eigenvalue weighted by molar-refractivity contribution is -0.179. The van der Waals surface area contributed by atoms with E-state index in [0.717, 1.165) is 12.1 Å². The SMILES string of the molecule is CCC(C)n1ccc(CC2CCC(C(F)(F)F)CN2)n1. The molecule has 3 atom stereocenters. The molecule has 0 aliphatic carbocycles. The number of nitrogens with zero attached hydrogens (tertiary/aromatic N) is 2. The Labute approximate surface area is 117 Å². The van der Waals surface area contributed by atoms with Crippen molar-refractivity contribution in [2.24, 2.45) is 5.92 Å². The minimum absolute atomic E-state index is 0.0280. The molecule has 3 unspecified atom stereocenters. The molecular formula is C14H22F3N3. The molecule has 1 saturated heterocycles. The topological polar surface area (TPSA) is 29.9 Å². The minimum atomic E-state index is -4.07. The molecule has 1 N–H and O–H groups in total. The molecule has 1 aliphatic heterocycles. The summed E-state index contributed by atoms with van der Waals surface area (Å²) in [7, 11) is 0. The normalized spacial score (nSPS) is 25.6. The van der Waals surface area contributed by atoms with Crippen LogP contribution >= 0.6 is 0 Å². The van der Waals surface area contributed by atoms with Crippen LogP contribution in [-0.4, -0.2) is 28.5 Å². The molecule has 0 bridgehead atoms. The average molecular weight is 289 g/mol. The smallest absolute Gasteiger partial charge is 0.313 e. The molecule has 2 heterocycles. The molecular weight excluding hydrogens is 267 g/mol. The quantitative estimate of drug-likeness (QED) is 0.921. The molecule has 1 aromatic heterocycles. The van der Waals surface area contributed by atoms with Gasteiger partial charge in [-0.2, -0.15) is 18.3 Å². The first kappa shape index (κ1) is 15.4. The lowest BCUT2D eigenvalue weighted by Gasteiger charge is -2.30. The van der Waals surface area contributed by atoms with E-state index in [1.807, 2.05) is 16.9 Å². The fraction of sp³-hybridized carbons (Fsp3) is 0.786. The summed E-state index contributed by atoms with van der Waals surface area (Å²) < 4.78 is 39.6. The predicted octanol–water partition coefficient (Wildman–Crippen LogP) is 3.33. The molecule has 20 heavy (non-hydrogen) atoms. The lowest BCUT2D eigenvalue weighted by Crippen LogP contribution is -2.45. The van der Waals surface area contributed by atoms with Crippen LogP contribution in [0, 0.1) is 5.92 Å². The average Bonchev–Trinajstić information content (AvgIpc) is 2.86. The van der Waals surface area contributed by atoms with Crippen molar-refractivity contribution in [1.29, 1.82) is 0 Å². The molecule has 6 heteroatoms. The maximum atomic E-state index is 12.6. The highest BCUT2D eigenvalue weighted by Crippen LogP contribution is 2.32. The number of rotatable bonds is 4. The Morgan fingerprint density at radius 1 is 1.45 bits per heavy atom. The maximum Gasteiger partial charge on any atom is 0.393 e. The largest absolute Gasteiger partial charge is 0.393 e. The molecule has 0 saturated carbocycles. The van der Waals surface area contributed by atoms with E-state index in [1.165, 1.54) is 0 Å². The van der Waals surface area contributed by atoms with Crippen LogP contribution in [-0.2, 0) is 6.42 Å². The number of piperidine rings is 1. The van der Waals surface area contributed by atoms with Gasteiger partial charge in [-0.3, -0.25) is 4.68 Å². The van der Waals surface area contributed by atoms with Crippen molar-refractivity contribution in [3.63, 3.8) is 0 Å². The van der Waals surface area contributed by atoms with Crippen LogP contribution in [0.1, 0.15) is 44.8 Å². The molecule has 0 amide bonds. The van der Waals surface area contributed by atoms with Gasteiger partial charge < -0.3 is 5.32 Å². The Bertz CT molecular complexity index is 420. The second kappa shape index (κ2) is 6.16. The van der Waals surface area contributed by atoms with E-state index < -0.39 is 12.1 Å². The number of hydrogen-bond donors (Lipinski definition) is 1. The van der Waals surface area contributed by atoms with Crippen LogP contribution in [0.3, 0.4) is 0 Å². The van der Waals surface area contributed by atoms with Crippen LogP contribution in [0.5, 0.6) is 0 Å². The monoisotopic (exact) mass is 289 g/mol. The fourth-order valence-corrected chi connectivity index (χ4v) is 2.54. The van der Waals surface area contributed by atoms with E-state index in [2.05, 4.69) is 24.3 Å². The van der Waals surface area contributed by atoms with E-state index in [1.54, 1.807) is 0 Å². The third-order valence-corrected chi connectivity index (χ3v) is 4.14. The van der Waals surface area contributed by atoms with E-state index in [4.69, 9.17) is 0 Å². The third kappa shape index (κ3) is 3.75. The molecule has 1 aliphatic rings. The minimum Gasteiger partial charge on any atom is -0.313 e. The zero-order valence-corrected chi connectivity index (χ0v) is 12.0. The Hall–Kier alpha value is -1.04. The molecule has 0 radical (unpaired) electrons. The van der Waals surface area contributed by atoms with Gasteiger partial charge in [0.25, 0.3) is 0 Å². The number of hydrogen-bond acceptors (Lipinski definition) is 2. The third-order valence-electron chi connectivity index (χ3n) is 4.14. The summed E-state index contributed by atoms with van der Waals surface area (Å²) in [5, 5.41) is 7.50. The zero-order valence-electron chi connectivity index (χ0n) is 12.0. The summed E-state index contributed by atoms with van der Waals surface area (Å²) in [5.74, 6) is -1.20. The van der Waals surface area contributed by atoms with Gasteiger partial charge in [0.05, 0.1) is 11.6 Å². The number of nitrogens with one attached hydrogen (secondary N) is 1. The van der Waals surface area contributed by atoms with E-state index in [0.29, 0.717) is 18.9 Å². The zero-order chi connectivity index (χ0) is 14.8. The number of halogens is 3. The van der Waals surface area contributed by atoms with Crippen molar-refractivity contribution >= 4 is 0 Å². The highest BCUT2D eigenvalue weighted by Gasteiger charge is 2.41. The van der Waals surface area contributed by atoms with Gasteiger partial charge in [0, 0.05) is 31.2 Å².